The van der Waals surface area contributed by atoms with E-state index in [9.17, 15) is 9.59 Å². The van der Waals surface area contributed by atoms with E-state index < -0.39 is 0 Å². The van der Waals surface area contributed by atoms with Gasteiger partial charge in [0.2, 0.25) is 11.8 Å². The highest BCUT2D eigenvalue weighted by molar-refractivity contribution is 6.05. The van der Waals surface area contributed by atoms with Gasteiger partial charge in [0, 0.05) is 23.4 Å². The van der Waals surface area contributed by atoms with Crippen molar-refractivity contribution in [2.75, 3.05) is 18.5 Å². The predicted octanol–water partition coefficient (Wildman–Crippen LogP) is 1.93. The van der Waals surface area contributed by atoms with Gasteiger partial charge in [-0.25, -0.2) is 5.43 Å². The van der Waals surface area contributed by atoms with Gasteiger partial charge in [-0.05, 0) is 19.1 Å². The summed E-state index contributed by atoms with van der Waals surface area (Å²) < 4.78 is 10.9. The highest BCUT2D eigenvalue weighted by Gasteiger charge is 2.13. The SMILES string of the molecule is C/C(CC(=O)Nc1ccc2c(c1)OCCO2)=N\NC(=O)C(C)C. The fourth-order valence-electron chi connectivity index (χ4n) is 1.88. The highest BCUT2D eigenvalue weighted by Crippen LogP contribution is 2.32. The zero-order valence-electron chi connectivity index (χ0n) is 13.5. The quantitative estimate of drug-likeness (QED) is 0.641. The number of ether oxygens (including phenoxy) is 2. The molecule has 2 rings (SSSR count). The van der Waals surface area contributed by atoms with Gasteiger partial charge in [0.1, 0.15) is 13.2 Å². The first-order valence-corrected chi connectivity index (χ1v) is 7.48. The van der Waals surface area contributed by atoms with Gasteiger partial charge in [0.25, 0.3) is 0 Å². The number of amides is 2. The molecule has 0 aliphatic carbocycles. The summed E-state index contributed by atoms with van der Waals surface area (Å²) in [4.78, 5) is 23.4. The maximum atomic E-state index is 12.0. The highest BCUT2D eigenvalue weighted by atomic mass is 16.6. The molecule has 124 valence electrons. The van der Waals surface area contributed by atoms with E-state index in [2.05, 4.69) is 15.8 Å². The van der Waals surface area contributed by atoms with Crippen molar-refractivity contribution in [3.05, 3.63) is 18.2 Å². The monoisotopic (exact) mass is 319 g/mol. The van der Waals surface area contributed by atoms with E-state index >= 15 is 0 Å². The summed E-state index contributed by atoms with van der Waals surface area (Å²) in [6.45, 7) is 6.25. The summed E-state index contributed by atoms with van der Waals surface area (Å²) in [7, 11) is 0. The summed E-state index contributed by atoms with van der Waals surface area (Å²) in [5.41, 5.74) is 3.57. The number of nitrogens with zero attached hydrogens (tertiary/aromatic N) is 1. The molecule has 0 saturated heterocycles. The smallest absolute Gasteiger partial charge is 0.242 e. The molecule has 0 spiro atoms. The molecule has 0 fully saturated rings. The van der Waals surface area contributed by atoms with Gasteiger partial charge < -0.3 is 14.8 Å². The summed E-state index contributed by atoms with van der Waals surface area (Å²) in [5.74, 6) is 0.725. The van der Waals surface area contributed by atoms with Crippen LogP contribution in [0.15, 0.2) is 23.3 Å². The maximum absolute atomic E-state index is 12.0. The number of hydrogen-bond donors (Lipinski definition) is 2. The number of hydrazone groups is 1. The molecule has 1 aromatic rings. The van der Waals surface area contributed by atoms with Gasteiger partial charge in [0.05, 0.1) is 6.42 Å². The molecule has 0 bridgehead atoms. The lowest BCUT2D eigenvalue weighted by molar-refractivity contribution is -0.124. The van der Waals surface area contributed by atoms with E-state index in [1.165, 1.54) is 0 Å². The summed E-state index contributed by atoms with van der Waals surface area (Å²) in [6, 6.07) is 5.23. The molecule has 1 aliphatic heterocycles. The Labute approximate surface area is 135 Å². The van der Waals surface area contributed by atoms with E-state index in [4.69, 9.17) is 9.47 Å². The number of rotatable bonds is 5. The lowest BCUT2D eigenvalue weighted by Gasteiger charge is -2.19. The minimum absolute atomic E-state index is 0.0901. The molecule has 0 unspecified atom stereocenters. The molecule has 2 N–H and O–H groups in total. The second kappa shape index (κ2) is 7.62. The van der Waals surface area contributed by atoms with Crippen molar-refractivity contribution >= 4 is 23.2 Å². The van der Waals surface area contributed by atoms with Gasteiger partial charge in [0.15, 0.2) is 11.5 Å². The van der Waals surface area contributed by atoms with Gasteiger partial charge in [-0.1, -0.05) is 13.8 Å². The first kappa shape index (κ1) is 16.8. The minimum atomic E-state index is -0.221. The third kappa shape index (κ3) is 4.98. The molecule has 0 atom stereocenters. The van der Waals surface area contributed by atoms with Crippen LogP contribution >= 0.6 is 0 Å². The Bertz CT molecular complexity index is 626. The lowest BCUT2D eigenvalue weighted by Crippen LogP contribution is -2.25. The normalized spacial score (nSPS) is 13.7. The molecule has 23 heavy (non-hydrogen) atoms. The van der Waals surface area contributed by atoms with Crippen LogP contribution in [0, 0.1) is 5.92 Å². The van der Waals surface area contributed by atoms with Gasteiger partial charge >= 0.3 is 0 Å². The Morgan fingerprint density at radius 3 is 2.61 bits per heavy atom. The van der Waals surface area contributed by atoms with E-state index in [1.54, 1.807) is 39.0 Å². The average Bonchev–Trinajstić information content (AvgIpc) is 2.52. The Morgan fingerprint density at radius 1 is 1.22 bits per heavy atom. The third-order valence-corrected chi connectivity index (χ3v) is 3.12. The molecule has 0 saturated carbocycles. The standard InChI is InChI=1S/C16H21N3O4/c1-10(2)16(21)19-18-11(3)8-15(20)17-12-4-5-13-14(9-12)23-7-6-22-13/h4-5,9-10H,6-8H2,1-3H3,(H,17,20)(H,19,21)/b18-11+. The largest absolute Gasteiger partial charge is 0.486 e. The van der Waals surface area contributed by atoms with Gasteiger partial charge in [-0.2, -0.15) is 5.10 Å². The zero-order chi connectivity index (χ0) is 16.8. The molecule has 0 aromatic heterocycles. The number of fused-ring (bicyclic) bond motifs is 1. The lowest BCUT2D eigenvalue weighted by atomic mass is 10.2. The Balaban J connectivity index is 1.89. The first-order chi connectivity index (χ1) is 11.0. The number of carbonyl (C=O) groups excluding carboxylic acids is 2. The van der Waals surface area contributed by atoms with Crippen molar-refractivity contribution in [3.63, 3.8) is 0 Å². The first-order valence-electron chi connectivity index (χ1n) is 7.48. The topological polar surface area (TPSA) is 89.0 Å². The van der Waals surface area contributed by atoms with Crippen LogP contribution in [0.1, 0.15) is 27.2 Å². The maximum Gasteiger partial charge on any atom is 0.242 e. The van der Waals surface area contributed by atoms with Gasteiger partial charge in [-0.15, -0.1) is 0 Å². The van der Waals surface area contributed by atoms with Crippen molar-refractivity contribution in [2.24, 2.45) is 11.0 Å². The average molecular weight is 319 g/mol. The van der Waals surface area contributed by atoms with Crippen LogP contribution in [-0.2, 0) is 9.59 Å². The number of hydrogen-bond acceptors (Lipinski definition) is 5. The number of nitrogens with one attached hydrogen (secondary N) is 2. The fourth-order valence-corrected chi connectivity index (χ4v) is 1.88. The molecule has 1 aliphatic rings. The Morgan fingerprint density at radius 2 is 1.91 bits per heavy atom. The van der Waals surface area contributed by atoms with Crippen LogP contribution in [-0.4, -0.2) is 30.7 Å². The molecule has 1 heterocycles. The van der Waals surface area contributed by atoms with Crippen LogP contribution < -0.4 is 20.2 Å². The van der Waals surface area contributed by atoms with Crippen LogP contribution in [0.4, 0.5) is 5.69 Å². The summed E-state index contributed by atoms with van der Waals surface area (Å²) in [6.07, 6.45) is 0.0901. The number of anilines is 1. The van der Waals surface area contributed by atoms with Crippen molar-refractivity contribution in [1.29, 1.82) is 0 Å². The molecule has 0 radical (unpaired) electrons. The van der Waals surface area contributed by atoms with Crippen molar-refractivity contribution < 1.29 is 19.1 Å². The second-order valence-electron chi connectivity index (χ2n) is 5.56. The summed E-state index contributed by atoms with van der Waals surface area (Å²) in [5, 5.41) is 6.67. The van der Waals surface area contributed by atoms with Crippen molar-refractivity contribution in [3.8, 4) is 11.5 Å². The zero-order valence-corrected chi connectivity index (χ0v) is 13.5. The van der Waals surface area contributed by atoms with E-state index in [-0.39, 0.29) is 24.2 Å². The fraction of sp³-hybridized carbons (Fsp3) is 0.438. The van der Waals surface area contributed by atoms with E-state index in [0.717, 1.165) is 0 Å². The minimum Gasteiger partial charge on any atom is -0.486 e. The Hall–Kier alpha value is -2.57. The molecule has 7 heteroatoms. The molecular weight excluding hydrogens is 298 g/mol. The third-order valence-electron chi connectivity index (χ3n) is 3.12. The van der Waals surface area contributed by atoms with E-state index in [1.807, 2.05) is 0 Å². The van der Waals surface area contributed by atoms with Crippen LogP contribution in [0.2, 0.25) is 0 Å². The van der Waals surface area contributed by atoms with Gasteiger partial charge in [-0.3, -0.25) is 9.59 Å². The molecule has 7 nitrogen and oxygen atoms in total. The van der Waals surface area contributed by atoms with Crippen molar-refractivity contribution in [2.45, 2.75) is 27.2 Å². The van der Waals surface area contributed by atoms with E-state index in [0.29, 0.717) is 36.1 Å². The number of benzene rings is 1. The van der Waals surface area contributed by atoms with Crippen molar-refractivity contribution in [1.82, 2.24) is 5.43 Å². The molecular formula is C16H21N3O4. The molecule has 2 amide bonds. The second-order valence-corrected chi connectivity index (χ2v) is 5.56. The van der Waals surface area contributed by atoms with Crippen LogP contribution in [0.3, 0.4) is 0 Å². The molecule has 1 aromatic carbocycles. The van der Waals surface area contributed by atoms with Crippen LogP contribution in [0.5, 0.6) is 11.5 Å². The predicted molar refractivity (Wildman–Crippen MR) is 86.8 cm³/mol. The Kier molecular flexibility index (Phi) is 5.56. The van der Waals surface area contributed by atoms with Crippen LogP contribution in [0.25, 0.3) is 0 Å². The summed E-state index contributed by atoms with van der Waals surface area (Å²) >= 11 is 0. The number of carbonyl (C=O) groups is 2.